The summed E-state index contributed by atoms with van der Waals surface area (Å²) in [6.45, 7) is 8.24. The Balaban J connectivity index is 1.49. The Morgan fingerprint density at radius 2 is 2.42 bits per heavy atom. The summed E-state index contributed by atoms with van der Waals surface area (Å²) in [7, 11) is 0. The highest BCUT2D eigenvalue weighted by Crippen LogP contribution is 2.24. The van der Waals surface area contributed by atoms with Crippen LogP contribution in [0.3, 0.4) is 0 Å². The van der Waals surface area contributed by atoms with Gasteiger partial charge in [-0.25, -0.2) is 4.98 Å². The number of rotatable bonds is 7. The van der Waals surface area contributed by atoms with Gasteiger partial charge in [-0.05, 0) is 50.2 Å². The van der Waals surface area contributed by atoms with Crippen molar-refractivity contribution >= 4 is 17.2 Å². The molecule has 2 aromatic heterocycles. The standard InChI is InChI=1S/C18H25N3O2S/c1-3-6-21-7-4-14(11-21)10-19-17(22)9-16-13(2)23-18(20-16)15-5-8-24-12-15/h5,8,12,14H,3-4,6-7,9-11H2,1-2H3,(H,19,22)/t14-/m1/s1. The molecule has 6 heteroatoms. The summed E-state index contributed by atoms with van der Waals surface area (Å²) in [5.41, 5.74) is 1.70. The molecule has 0 aromatic carbocycles. The predicted octanol–water partition coefficient (Wildman–Crippen LogP) is 3.10. The normalized spacial score (nSPS) is 18.2. The van der Waals surface area contributed by atoms with Crippen LogP contribution >= 0.6 is 11.3 Å². The molecule has 1 N–H and O–H groups in total. The molecule has 0 spiro atoms. The lowest BCUT2D eigenvalue weighted by Gasteiger charge is -2.14. The van der Waals surface area contributed by atoms with Gasteiger partial charge in [0.05, 0.1) is 12.1 Å². The molecule has 2 aromatic rings. The van der Waals surface area contributed by atoms with Crippen LogP contribution in [-0.2, 0) is 11.2 Å². The lowest BCUT2D eigenvalue weighted by atomic mass is 10.1. The third-order valence-electron chi connectivity index (χ3n) is 4.49. The number of likely N-dealkylation sites (tertiary alicyclic amines) is 1. The molecule has 1 atom stereocenters. The van der Waals surface area contributed by atoms with E-state index < -0.39 is 0 Å². The van der Waals surface area contributed by atoms with Crippen molar-refractivity contribution in [2.75, 3.05) is 26.2 Å². The van der Waals surface area contributed by atoms with E-state index in [1.165, 1.54) is 12.8 Å². The van der Waals surface area contributed by atoms with Crippen LogP contribution in [0.1, 0.15) is 31.2 Å². The van der Waals surface area contributed by atoms with E-state index in [2.05, 4.69) is 22.1 Å². The maximum Gasteiger partial charge on any atom is 0.227 e. The van der Waals surface area contributed by atoms with Crippen molar-refractivity contribution in [1.82, 2.24) is 15.2 Å². The molecule has 24 heavy (non-hydrogen) atoms. The summed E-state index contributed by atoms with van der Waals surface area (Å²) in [6.07, 6.45) is 2.65. The summed E-state index contributed by atoms with van der Waals surface area (Å²) in [5, 5.41) is 7.05. The van der Waals surface area contributed by atoms with Crippen LogP contribution in [0.15, 0.2) is 21.2 Å². The number of thiophene rings is 1. The first-order valence-electron chi connectivity index (χ1n) is 8.63. The van der Waals surface area contributed by atoms with Gasteiger partial charge in [0.25, 0.3) is 0 Å². The van der Waals surface area contributed by atoms with E-state index >= 15 is 0 Å². The van der Waals surface area contributed by atoms with Crippen LogP contribution in [0.25, 0.3) is 11.5 Å². The maximum atomic E-state index is 12.2. The Hall–Kier alpha value is -1.66. The molecule has 1 amide bonds. The number of amides is 1. The molecule has 1 aliphatic rings. The van der Waals surface area contributed by atoms with Crippen LogP contribution in [0.2, 0.25) is 0 Å². The second-order valence-electron chi connectivity index (χ2n) is 6.47. The molecule has 0 bridgehead atoms. The molecule has 1 saturated heterocycles. The van der Waals surface area contributed by atoms with Crippen LogP contribution in [0, 0.1) is 12.8 Å². The zero-order valence-electron chi connectivity index (χ0n) is 14.4. The van der Waals surface area contributed by atoms with Crippen molar-refractivity contribution in [2.45, 2.75) is 33.1 Å². The lowest BCUT2D eigenvalue weighted by Crippen LogP contribution is -2.32. The maximum absolute atomic E-state index is 12.2. The van der Waals surface area contributed by atoms with E-state index in [1.807, 2.05) is 23.8 Å². The third-order valence-corrected chi connectivity index (χ3v) is 5.17. The average molecular weight is 347 g/mol. The van der Waals surface area contributed by atoms with Crippen LogP contribution in [-0.4, -0.2) is 42.0 Å². The molecule has 3 heterocycles. The van der Waals surface area contributed by atoms with Gasteiger partial charge < -0.3 is 14.6 Å². The van der Waals surface area contributed by atoms with E-state index in [0.29, 0.717) is 11.8 Å². The van der Waals surface area contributed by atoms with Crippen LogP contribution < -0.4 is 5.32 Å². The third kappa shape index (κ3) is 4.24. The van der Waals surface area contributed by atoms with E-state index in [-0.39, 0.29) is 12.3 Å². The van der Waals surface area contributed by atoms with Gasteiger partial charge in [0, 0.05) is 24.0 Å². The van der Waals surface area contributed by atoms with E-state index in [1.54, 1.807) is 11.3 Å². The quantitative estimate of drug-likeness (QED) is 0.836. The number of nitrogens with one attached hydrogen (secondary N) is 1. The summed E-state index contributed by atoms with van der Waals surface area (Å²) in [6, 6.07) is 1.97. The smallest absolute Gasteiger partial charge is 0.227 e. The molecule has 3 rings (SSSR count). The highest BCUT2D eigenvalue weighted by atomic mass is 32.1. The van der Waals surface area contributed by atoms with Crippen molar-refractivity contribution in [3.63, 3.8) is 0 Å². The average Bonchev–Trinajstić information content (AvgIpc) is 3.28. The SMILES string of the molecule is CCCN1CC[C@H](CNC(=O)Cc2nc(-c3ccsc3)oc2C)C1. The first-order valence-corrected chi connectivity index (χ1v) is 9.58. The van der Waals surface area contributed by atoms with Gasteiger partial charge in [-0.1, -0.05) is 6.92 Å². The molecule has 0 aliphatic carbocycles. The van der Waals surface area contributed by atoms with Crippen molar-refractivity contribution in [2.24, 2.45) is 5.92 Å². The minimum atomic E-state index is 0.0252. The lowest BCUT2D eigenvalue weighted by molar-refractivity contribution is -0.120. The summed E-state index contributed by atoms with van der Waals surface area (Å²) in [4.78, 5) is 19.2. The fraction of sp³-hybridized carbons (Fsp3) is 0.556. The molecule has 0 saturated carbocycles. The van der Waals surface area contributed by atoms with Gasteiger partial charge in [0.15, 0.2) is 0 Å². The summed E-state index contributed by atoms with van der Waals surface area (Å²) >= 11 is 1.61. The Labute approximate surface area is 147 Å². The fourth-order valence-corrected chi connectivity index (χ4v) is 3.80. The highest BCUT2D eigenvalue weighted by molar-refractivity contribution is 7.08. The van der Waals surface area contributed by atoms with E-state index in [4.69, 9.17) is 4.42 Å². The fourth-order valence-electron chi connectivity index (χ4n) is 3.17. The number of aryl methyl sites for hydroxylation is 1. The van der Waals surface area contributed by atoms with Gasteiger partial charge in [-0.3, -0.25) is 4.79 Å². The molecule has 1 aliphatic heterocycles. The molecule has 1 fully saturated rings. The number of hydrogen-bond acceptors (Lipinski definition) is 5. The van der Waals surface area contributed by atoms with Crippen LogP contribution in [0.4, 0.5) is 0 Å². The molecular formula is C18H25N3O2S. The van der Waals surface area contributed by atoms with Crippen molar-refractivity contribution in [3.05, 3.63) is 28.3 Å². The number of hydrogen-bond donors (Lipinski definition) is 1. The number of carbonyl (C=O) groups excluding carboxylic acids is 1. The predicted molar refractivity (Wildman–Crippen MR) is 96.1 cm³/mol. The summed E-state index contributed by atoms with van der Waals surface area (Å²) < 4.78 is 5.69. The van der Waals surface area contributed by atoms with Gasteiger partial charge in [0.1, 0.15) is 5.76 Å². The minimum Gasteiger partial charge on any atom is -0.441 e. The second-order valence-corrected chi connectivity index (χ2v) is 7.25. The minimum absolute atomic E-state index is 0.0252. The van der Waals surface area contributed by atoms with Crippen molar-refractivity contribution < 1.29 is 9.21 Å². The molecule has 5 nitrogen and oxygen atoms in total. The molecule has 0 unspecified atom stereocenters. The Morgan fingerprint density at radius 1 is 1.54 bits per heavy atom. The van der Waals surface area contributed by atoms with E-state index in [0.717, 1.165) is 43.2 Å². The van der Waals surface area contributed by atoms with Gasteiger partial charge in [0.2, 0.25) is 11.8 Å². The Bertz CT molecular complexity index is 666. The Kier molecular flexibility index (Phi) is 5.68. The molecule has 130 valence electrons. The Morgan fingerprint density at radius 3 is 3.17 bits per heavy atom. The largest absolute Gasteiger partial charge is 0.441 e. The summed E-state index contributed by atoms with van der Waals surface area (Å²) in [5.74, 6) is 1.92. The number of carbonyl (C=O) groups is 1. The van der Waals surface area contributed by atoms with Gasteiger partial charge in [-0.15, -0.1) is 0 Å². The second kappa shape index (κ2) is 7.94. The van der Waals surface area contributed by atoms with E-state index in [9.17, 15) is 4.79 Å². The first-order chi connectivity index (χ1) is 11.7. The molecule has 0 radical (unpaired) electrons. The number of aromatic nitrogens is 1. The van der Waals surface area contributed by atoms with Crippen molar-refractivity contribution in [3.8, 4) is 11.5 Å². The number of oxazole rings is 1. The topological polar surface area (TPSA) is 58.4 Å². The number of nitrogens with zero attached hydrogens (tertiary/aromatic N) is 2. The van der Waals surface area contributed by atoms with Crippen molar-refractivity contribution in [1.29, 1.82) is 0 Å². The van der Waals surface area contributed by atoms with Gasteiger partial charge >= 0.3 is 0 Å². The van der Waals surface area contributed by atoms with Gasteiger partial charge in [-0.2, -0.15) is 11.3 Å². The monoisotopic (exact) mass is 347 g/mol. The zero-order valence-corrected chi connectivity index (χ0v) is 15.2. The van der Waals surface area contributed by atoms with Crippen LogP contribution in [0.5, 0.6) is 0 Å². The highest BCUT2D eigenvalue weighted by Gasteiger charge is 2.22. The zero-order chi connectivity index (χ0) is 16.9. The first kappa shape index (κ1) is 17.2. The molecular weight excluding hydrogens is 322 g/mol.